The van der Waals surface area contributed by atoms with E-state index in [2.05, 4.69) is 20.9 Å². The van der Waals surface area contributed by atoms with E-state index in [0.29, 0.717) is 22.4 Å². The highest BCUT2D eigenvalue weighted by atomic mass is 79.9. The molecule has 0 bridgehead atoms. The van der Waals surface area contributed by atoms with Crippen molar-refractivity contribution in [2.75, 3.05) is 14.1 Å². The summed E-state index contributed by atoms with van der Waals surface area (Å²) in [6, 6.07) is 11.8. The van der Waals surface area contributed by atoms with Gasteiger partial charge in [-0.15, -0.1) is 0 Å². The van der Waals surface area contributed by atoms with Gasteiger partial charge < -0.3 is 4.74 Å². The molecule has 1 heterocycles. The van der Waals surface area contributed by atoms with Crippen molar-refractivity contribution in [2.24, 2.45) is 4.99 Å². The molecule has 1 amide bonds. The average Bonchev–Trinajstić information content (AvgIpc) is 2.90. The number of ether oxygens (including phenoxy) is 1. The molecule has 0 atom stereocenters. The molecule has 0 aliphatic carbocycles. The van der Waals surface area contributed by atoms with Crippen LogP contribution in [0, 0.1) is 5.82 Å². The number of amides is 1. The van der Waals surface area contributed by atoms with Gasteiger partial charge in [0.25, 0.3) is 5.91 Å². The lowest BCUT2D eigenvalue weighted by atomic mass is 10.1. The third kappa shape index (κ3) is 4.16. The number of hydrogen-bond acceptors (Lipinski definition) is 4. The summed E-state index contributed by atoms with van der Waals surface area (Å²) in [5.74, 6) is 0.264. The molecule has 0 N–H and O–H groups in total. The minimum absolute atomic E-state index is 0.0972. The molecule has 134 valence electrons. The second-order valence-corrected chi connectivity index (χ2v) is 7.50. The molecule has 0 spiro atoms. The van der Waals surface area contributed by atoms with Gasteiger partial charge in [0.05, 0.1) is 4.91 Å². The zero-order chi connectivity index (χ0) is 18.7. The molecule has 26 heavy (non-hydrogen) atoms. The summed E-state index contributed by atoms with van der Waals surface area (Å²) in [5.41, 5.74) is 1.64. The van der Waals surface area contributed by atoms with Crippen molar-refractivity contribution < 1.29 is 13.9 Å². The van der Waals surface area contributed by atoms with Crippen molar-refractivity contribution in [3.8, 4) is 5.75 Å². The van der Waals surface area contributed by atoms with Crippen LogP contribution in [0.15, 0.2) is 56.8 Å². The highest BCUT2D eigenvalue weighted by Gasteiger charge is 2.29. The fourth-order valence-electron chi connectivity index (χ4n) is 2.40. The van der Waals surface area contributed by atoms with E-state index in [1.165, 1.54) is 28.8 Å². The summed E-state index contributed by atoms with van der Waals surface area (Å²) in [6.07, 6.45) is 1.80. The van der Waals surface area contributed by atoms with Gasteiger partial charge in [-0.25, -0.2) is 4.39 Å². The zero-order valence-electron chi connectivity index (χ0n) is 14.2. The van der Waals surface area contributed by atoms with Gasteiger partial charge in [-0.3, -0.25) is 14.7 Å². The van der Waals surface area contributed by atoms with Crippen molar-refractivity contribution in [3.05, 3.63) is 68.8 Å². The van der Waals surface area contributed by atoms with Crippen LogP contribution in [0.2, 0.25) is 0 Å². The van der Waals surface area contributed by atoms with E-state index in [0.717, 1.165) is 15.6 Å². The Morgan fingerprint density at radius 3 is 2.65 bits per heavy atom. The smallest absolute Gasteiger partial charge is 0.266 e. The van der Waals surface area contributed by atoms with Gasteiger partial charge in [-0.2, -0.15) is 0 Å². The SMILES string of the molecule is CN=C1S/C(=C/c2cc(Br)ccc2OCc2ccc(F)cc2)C(=O)N1C. The quantitative estimate of drug-likeness (QED) is 0.654. The maximum atomic E-state index is 13.0. The number of halogens is 2. The summed E-state index contributed by atoms with van der Waals surface area (Å²) in [5, 5.41) is 0.657. The van der Waals surface area contributed by atoms with Crippen molar-refractivity contribution >= 4 is 44.8 Å². The Labute approximate surface area is 163 Å². The Kier molecular flexibility index (Phi) is 5.78. The number of rotatable bonds is 4. The number of carbonyl (C=O) groups is 1. The number of amidine groups is 1. The van der Waals surface area contributed by atoms with Crippen LogP contribution in [0.3, 0.4) is 0 Å². The Hall–Kier alpha value is -2.12. The summed E-state index contributed by atoms with van der Waals surface area (Å²) < 4.78 is 19.8. The van der Waals surface area contributed by atoms with Crippen LogP contribution >= 0.6 is 27.7 Å². The Balaban J connectivity index is 1.85. The average molecular weight is 435 g/mol. The molecule has 0 aromatic heterocycles. The number of benzene rings is 2. The van der Waals surface area contributed by atoms with Gasteiger partial charge in [0, 0.05) is 24.1 Å². The molecule has 7 heteroatoms. The predicted molar refractivity (Wildman–Crippen MR) is 107 cm³/mol. The molecule has 3 rings (SSSR count). The minimum Gasteiger partial charge on any atom is -0.488 e. The normalized spacial score (nSPS) is 17.4. The molecule has 0 unspecified atom stereocenters. The molecule has 0 saturated carbocycles. The van der Waals surface area contributed by atoms with Crippen LogP contribution in [0.5, 0.6) is 5.75 Å². The fourth-order valence-corrected chi connectivity index (χ4v) is 3.69. The topological polar surface area (TPSA) is 41.9 Å². The Morgan fingerprint density at radius 2 is 2.00 bits per heavy atom. The Bertz CT molecular complexity index is 897. The second-order valence-electron chi connectivity index (χ2n) is 5.58. The van der Waals surface area contributed by atoms with Crippen molar-refractivity contribution in [1.29, 1.82) is 0 Å². The number of nitrogens with zero attached hydrogens (tertiary/aromatic N) is 2. The Morgan fingerprint density at radius 1 is 1.27 bits per heavy atom. The molecule has 1 saturated heterocycles. The highest BCUT2D eigenvalue weighted by Crippen LogP contribution is 2.34. The lowest BCUT2D eigenvalue weighted by Crippen LogP contribution is -2.23. The molecule has 1 aliphatic heterocycles. The highest BCUT2D eigenvalue weighted by molar-refractivity contribution is 9.10. The van der Waals surface area contributed by atoms with Gasteiger partial charge in [-0.1, -0.05) is 28.1 Å². The van der Waals surface area contributed by atoms with Gasteiger partial charge in [0.1, 0.15) is 18.2 Å². The molecule has 2 aromatic carbocycles. The molecular weight excluding hydrogens is 419 g/mol. The van der Waals surface area contributed by atoms with E-state index in [9.17, 15) is 9.18 Å². The van der Waals surface area contributed by atoms with Crippen LogP contribution in [0.25, 0.3) is 6.08 Å². The molecule has 1 fully saturated rings. The molecule has 4 nitrogen and oxygen atoms in total. The van der Waals surface area contributed by atoms with Crippen LogP contribution < -0.4 is 4.74 Å². The van der Waals surface area contributed by atoms with E-state index in [1.54, 1.807) is 32.3 Å². The van der Waals surface area contributed by atoms with Crippen LogP contribution in [-0.2, 0) is 11.4 Å². The second kappa shape index (κ2) is 8.05. The number of thioether (sulfide) groups is 1. The minimum atomic E-state index is -0.280. The monoisotopic (exact) mass is 434 g/mol. The first kappa shape index (κ1) is 18.7. The van der Waals surface area contributed by atoms with E-state index >= 15 is 0 Å². The van der Waals surface area contributed by atoms with Gasteiger partial charge >= 0.3 is 0 Å². The van der Waals surface area contributed by atoms with Crippen molar-refractivity contribution in [2.45, 2.75) is 6.61 Å². The van der Waals surface area contributed by atoms with E-state index in [1.807, 2.05) is 18.2 Å². The van der Waals surface area contributed by atoms with Gasteiger partial charge in [0.15, 0.2) is 5.17 Å². The standard InChI is InChI=1S/C19H16BrFN2O2S/c1-22-19-23(2)18(24)17(26-19)10-13-9-14(20)5-8-16(13)25-11-12-3-6-15(21)7-4-12/h3-10H,11H2,1-2H3/b17-10+,22-19?. The molecular formula is C19H16BrFN2O2S. The first-order valence-corrected chi connectivity index (χ1v) is 9.40. The number of aliphatic imine (C=N–C) groups is 1. The first-order chi connectivity index (χ1) is 12.5. The van der Waals surface area contributed by atoms with Gasteiger partial charge in [-0.05, 0) is 53.7 Å². The first-order valence-electron chi connectivity index (χ1n) is 7.79. The van der Waals surface area contributed by atoms with E-state index in [-0.39, 0.29) is 11.7 Å². The third-order valence-corrected chi connectivity index (χ3v) is 5.41. The van der Waals surface area contributed by atoms with Crippen LogP contribution in [-0.4, -0.2) is 30.1 Å². The van der Waals surface area contributed by atoms with E-state index in [4.69, 9.17) is 4.74 Å². The summed E-state index contributed by atoms with van der Waals surface area (Å²) in [7, 11) is 3.36. The van der Waals surface area contributed by atoms with E-state index < -0.39 is 0 Å². The predicted octanol–water partition coefficient (Wildman–Crippen LogP) is 4.70. The molecule has 1 aliphatic rings. The summed E-state index contributed by atoms with van der Waals surface area (Å²) >= 11 is 4.78. The summed E-state index contributed by atoms with van der Waals surface area (Å²) in [6.45, 7) is 0.306. The summed E-state index contributed by atoms with van der Waals surface area (Å²) in [4.78, 5) is 18.6. The van der Waals surface area contributed by atoms with Crippen molar-refractivity contribution in [3.63, 3.8) is 0 Å². The maximum Gasteiger partial charge on any atom is 0.266 e. The number of likely N-dealkylation sites (N-methyl/N-ethyl adjacent to an activating group) is 1. The maximum absolute atomic E-state index is 13.0. The van der Waals surface area contributed by atoms with Crippen LogP contribution in [0.4, 0.5) is 4.39 Å². The molecule has 0 radical (unpaired) electrons. The molecule has 2 aromatic rings. The van der Waals surface area contributed by atoms with Crippen molar-refractivity contribution in [1.82, 2.24) is 4.90 Å². The van der Waals surface area contributed by atoms with Gasteiger partial charge in [0.2, 0.25) is 0 Å². The lowest BCUT2D eigenvalue weighted by molar-refractivity contribution is -0.121. The third-order valence-electron chi connectivity index (χ3n) is 3.76. The van der Waals surface area contributed by atoms with Crippen LogP contribution in [0.1, 0.15) is 11.1 Å². The number of hydrogen-bond donors (Lipinski definition) is 0. The number of carbonyl (C=O) groups excluding carboxylic acids is 1. The largest absolute Gasteiger partial charge is 0.488 e. The fraction of sp³-hybridized carbons (Fsp3) is 0.158. The lowest BCUT2D eigenvalue weighted by Gasteiger charge is -2.10. The zero-order valence-corrected chi connectivity index (χ0v) is 16.6.